The lowest BCUT2D eigenvalue weighted by molar-refractivity contribution is -0.274. The number of benzene rings is 2. The molecular weight excluding hydrogens is 287 g/mol. The monoisotopic (exact) mass is 299 g/mol. The van der Waals surface area contributed by atoms with Gasteiger partial charge < -0.3 is 20.7 Å². The Morgan fingerprint density at radius 3 is 2.00 bits per heavy atom. The highest BCUT2D eigenvalue weighted by atomic mass is 19.4. The summed E-state index contributed by atoms with van der Waals surface area (Å²) in [6, 6.07) is 8.54. The molecule has 0 aromatic heterocycles. The van der Waals surface area contributed by atoms with E-state index >= 15 is 0 Å². The molecule has 0 fully saturated rings. The predicted molar refractivity (Wildman–Crippen MR) is 68.9 cm³/mol. The number of halogens is 3. The number of nitrogens with two attached hydrogens (primary N) is 1. The lowest BCUT2D eigenvalue weighted by Crippen LogP contribution is -2.17. The van der Waals surface area contributed by atoms with Gasteiger partial charge in [0.1, 0.15) is 5.75 Å². The van der Waals surface area contributed by atoms with Gasteiger partial charge in [0.15, 0.2) is 11.5 Å². The molecule has 0 saturated heterocycles. The third-order valence-electron chi connectivity index (χ3n) is 2.83. The number of phenols is 2. The highest BCUT2D eigenvalue weighted by molar-refractivity contribution is 5.44. The summed E-state index contributed by atoms with van der Waals surface area (Å²) in [6.07, 6.45) is -4.74. The van der Waals surface area contributed by atoms with Gasteiger partial charge >= 0.3 is 6.36 Å². The van der Waals surface area contributed by atoms with Crippen molar-refractivity contribution < 1.29 is 28.1 Å². The van der Waals surface area contributed by atoms with Crippen LogP contribution < -0.4 is 10.5 Å². The van der Waals surface area contributed by atoms with Crippen LogP contribution in [0.5, 0.6) is 17.2 Å². The van der Waals surface area contributed by atoms with E-state index in [1.807, 2.05) is 0 Å². The van der Waals surface area contributed by atoms with Gasteiger partial charge in [0, 0.05) is 0 Å². The second-order valence-electron chi connectivity index (χ2n) is 4.34. The van der Waals surface area contributed by atoms with Crippen LogP contribution in [0.4, 0.5) is 13.2 Å². The summed E-state index contributed by atoms with van der Waals surface area (Å²) in [5.41, 5.74) is 7.00. The van der Waals surface area contributed by atoms with Gasteiger partial charge in [-0.1, -0.05) is 18.2 Å². The van der Waals surface area contributed by atoms with Gasteiger partial charge in [0.2, 0.25) is 0 Å². The highest BCUT2D eigenvalue weighted by Crippen LogP contribution is 2.30. The van der Waals surface area contributed by atoms with Crippen LogP contribution in [0, 0.1) is 0 Å². The third-order valence-corrected chi connectivity index (χ3v) is 2.83. The van der Waals surface area contributed by atoms with E-state index in [2.05, 4.69) is 4.74 Å². The molecule has 0 unspecified atom stereocenters. The second kappa shape index (κ2) is 5.53. The van der Waals surface area contributed by atoms with Crippen LogP contribution >= 0.6 is 0 Å². The van der Waals surface area contributed by atoms with Crippen molar-refractivity contribution in [3.05, 3.63) is 53.6 Å². The number of ether oxygens (including phenoxy) is 1. The largest absolute Gasteiger partial charge is 0.573 e. The van der Waals surface area contributed by atoms with Gasteiger partial charge in [-0.25, -0.2) is 0 Å². The maximum absolute atomic E-state index is 12.0. The van der Waals surface area contributed by atoms with Crippen LogP contribution in [0.2, 0.25) is 0 Å². The van der Waals surface area contributed by atoms with Crippen LogP contribution in [-0.4, -0.2) is 16.6 Å². The predicted octanol–water partition coefficient (Wildman–Crippen LogP) is 3.04. The molecule has 0 aliphatic carbocycles. The van der Waals surface area contributed by atoms with Crippen molar-refractivity contribution >= 4 is 0 Å². The van der Waals surface area contributed by atoms with Crippen LogP contribution in [0.3, 0.4) is 0 Å². The minimum Gasteiger partial charge on any atom is -0.504 e. The van der Waals surface area contributed by atoms with Crippen molar-refractivity contribution in [1.82, 2.24) is 0 Å². The molecule has 2 aromatic carbocycles. The smallest absolute Gasteiger partial charge is 0.504 e. The number of hydrogen-bond acceptors (Lipinski definition) is 4. The Hall–Kier alpha value is -2.41. The van der Waals surface area contributed by atoms with Crippen molar-refractivity contribution in [2.75, 3.05) is 0 Å². The van der Waals surface area contributed by atoms with Crippen molar-refractivity contribution in [1.29, 1.82) is 0 Å². The van der Waals surface area contributed by atoms with Crippen LogP contribution in [0.1, 0.15) is 17.2 Å². The van der Waals surface area contributed by atoms with E-state index in [4.69, 9.17) is 5.73 Å². The number of phenolic OH excluding ortho intramolecular Hbond substituents is 2. The van der Waals surface area contributed by atoms with Gasteiger partial charge in [-0.15, -0.1) is 13.2 Å². The maximum atomic E-state index is 12.0. The normalized spacial score (nSPS) is 13.0. The fourth-order valence-electron chi connectivity index (χ4n) is 1.80. The first kappa shape index (κ1) is 15.0. The molecule has 112 valence electrons. The van der Waals surface area contributed by atoms with E-state index in [0.29, 0.717) is 11.1 Å². The van der Waals surface area contributed by atoms with E-state index in [-0.39, 0.29) is 17.2 Å². The quantitative estimate of drug-likeness (QED) is 0.761. The average Bonchev–Trinajstić information content (AvgIpc) is 2.40. The minimum absolute atomic E-state index is 0.278. The molecule has 1 atom stereocenters. The zero-order chi connectivity index (χ0) is 15.6. The zero-order valence-corrected chi connectivity index (χ0v) is 10.6. The zero-order valence-electron chi connectivity index (χ0n) is 10.6. The molecule has 7 heteroatoms. The van der Waals surface area contributed by atoms with E-state index in [1.54, 1.807) is 0 Å². The molecule has 21 heavy (non-hydrogen) atoms. The third kappa shape index (κ3) is 3.79. The van der Waals surface area contributed by atoms with E-state index < -0.39 is 12.4 Å². The van der Waals surface area contributed by atoms with Gasteiger partial charge in [-0.3, -0.25) is 0 Å². The van der Waals surface area contributed by atoms with Crippen molar-refractivity contribution in [2.24, 2.45) is 5.73 Å². The summed E-state index contributed by atoms with van der Waals surface area (Å²) in [4.78, 5) is 0. The lowest BCUT2D eigenvalue weighted by Gasteiger charge is -2.14. The lowest BCUT2D eigenvalue weighted by atomic mass is 9.99. The first-order valence-electron chi connectivity index (χ1n) is 5.89. The van der Waals surface area contributed by atoms with Crippen LogP contribution in [0.15, 0.2) is 42.5 Å². The van der Waals surface area contributed by atoms with Crippen molar-refractivity contribution in [3.8, 4) is 17.2 Å². The number of hydrogen-bond donors (Lipinski definition) is 3. The van der Waals surface area contributed by atoms with Crippen molar-refractivity contribution in [3.63, 3.8) is 0 Å². The molecule has 0 radical (unpaired) electrons. The van der Waals surface area contributed by atoms with E-state index in [0.717, 1.165) is 12.1 Å². The minimum atomic E-state index is -4.74. The number of aromatic hydroxyl groups is 2. The highest BCUT2D eigenvalue weighted by Gasteiger charge is 2.31. The molecule has 2 aromatic rings. The summed E-state index contributed by atoms with van der Waals surface area (Å²) in [6.45, 7) is 0. The Morgan fingerprint density at radius 2 is 1.48 bits per heavy atom. The summed E-state index contributed by atoms with van der Waals surface area (Å²) in [5.74, 6) is -0.938. The van der Waals surface area contributed by atoms with Crippen molar-refractivity contribution in [2.45, 2.75) is 12.4 Å². The Kier molecular flexibility index (Phi) is 3.95. The molecule has 0 aliphatic heterocycles. The topological polar surface area (TPSA) is 75.7 Å². The molecular formula is C14H12F3NO3. The molecule has 0 bridgehead atoms. The Bertz CT molecular complexity index is 626. The Labute approximate surface area is 118 Å². The first-order chi connectivity index (χ1) is 9.76. The SMILES string of the molecule is N[C@@H](c1ccc(OC(F)(F)F)cc1)c1ccc(O)c(O)c1. The molecule has 0 spiro atoms. The van der Waals surface area contributed by atoms with Crippen LogP contribution in [-0.2, 0) is 0 Å². The Morgan fingerprint density at radius 1 is 0.905 bits per heavy atom. The molecule has 0 amide bonds. The maximum Gasteiger partial charge on any atom is 0.573 e. The average molecular weight is 299 g/mol. The molecule has 2 rings (SSSR count). The first-order valence-corrected chi connectivity index (χ1v) is 5.89. The number of rotatable bonds is 3. The van der Waals surface area contributed by atoms with E-state index in [1.165, 1.54) is 30.3 Å². The molecule has 0 aliphatic rings. The summed E-state index contributed by atoms with van der Waals surface area (Å²) in [7, 11) is 0. The van der Waals surface area contributed by atoms with Gasteiger partial charge in [0.05, 0.1) is 6.04 Å². The molecule has 0 saturated carbocycles. The summed E-state index contributed by atoms with van der Waals surface area (Å²) in [5, 5.41) is 18.6. The molecule has 4 N–H and O–H groups in total. The second-order valence-corrected chi connectivity index (χ2v) is 4.34. The fraction of sp³-hybridized carbons (Fsp3) is 0.143. The number of alkyl halides is 3. The summed E-state index contributed by atoms with van der Waals surface area (Å²) >= 11 is 0. The van der Waals surface area contributed by atoms with Gasteiger partial charge in [0.25, 0.3) is 0 Å². The Balaban J connectivity index is 2.19. The standard InChI is InChI=1S/C14H12F3NO3/c15-14(16,17)21-10-4-1-8(2-5-10)13(18)9-3-6-11(19)12(20)7-9/h1-7,13,19-20H,18H2/t13-/m0/s1. The van der Waals surface area contributed by atoms with E-state index in [9.17, 15) is 23.4 Å². The summed E-state index contributed by atoms with van der Waals surface area (Å²) < 4.78 is 39.9. The van der Waals surface area contributed by atoms with Gasteiger partial charge in [-0.05, 0) is 35.4 Å². The molecule has 0 heterocycles. The van der Waals surface area contributed by atoms with Gasteiger partial charge in [-0.2, -0.15) is 0 Å². The van der Waals surface area contributed by atoms with Crippen LogP contribution in [0.25, 0.3) is 0 Å². The molecule has 4 nitrogen and oxygen atoms in total. The fourth-order valence-corrected chi connectivity index (χ4v) is 1.80.